The maximum atomic E-state index is 10.1. The SMILES string of the molecule is CN(C)CC(O)C1CCCCCCCC1. The van der Waals surface area contributed by atoms with Crippen LogP contribution < -0.4 is 0 Å². The van der Waals surface area contributed by atoms with Gasteiger partial charge in [0.1, 0.15) is 0 Å². The summed E-state index contributed by atoms with van der Waals surface area (Å²) in [4.78, 5) is 2.09. The number of likely N-dealkylation sites (N-methyl/N-ethyl adjacent to an activating group) is 1. The van der Waals surface area contributed by atoms with Crippen LogP contribution in [0.25, 0.3) is 0 Å². The van der Waals surface area contributed by atoms with E-state index in [2.05, 4.69) is 4.90 Å². The van der Waals surface area contributed by atoms with Gasteiger partial charge in [-0.25, -0.2) is 0 Å². The van der Waals surface area contributed by atoms with Gasteiger partial charge in [0.25, 0.3) is 0 Å². The molecule has 1 rings (SSSR count). The minimum absolute atomic E-state index is 0.113. The fraction of sp³-hybridized carbons (Fsp3) is 1.00. The first-order chi connectivity index (χ1) is 7.20. The van der Waals surface area contributed by atoms with E-state index >= 15 is 0 Å². The second-order valence-corrected chi connectivity index (χ2v) is 5.29. The lowest BCUT2D eigenvalue weighted by molar-refractivity contribution is 0.0694. The van der Waals surface area contributed by atoms with Gasteiger partial charge in [-0.1, -0.05) is 38.5 Å². The smallest absolute Gasteiger partial charge is 0.0694 e. The van der Waals surface area contributed by atoms with E-state index in [1.807, 2.05) is 14.1 Å². The van der Waals surface area contributed by atoms with Gasteiger partial charge in [-0.2, -0.15) is 0 Å². The summed E-state index contributed by atoms with van der Waals surface area (Å²) in [6.07, 6.45) is 10.5. The molecule has 1 saturated carbocycles. The number of aliphatic hydroxyl groups is 1. The zero-order chi connectivity index (χ0) is 11.1. The second-order valence-electron chi connectivity index (χ2n) is 5.29. The van der Waals surface area contributed by atoms with Crippen molar-refractivity contribution < 1.29 is 5.11 Å². The number of nitrogens with zero attached hydrogens (tertiary/aromatic N) is 1. The summed E-state index contributed by atoms with van der Waals surface area (Å²) in [6, 6.07) is 0. The fourth-order valence-electron chi connectivity index (χ4n) is 2.57. The van der Waals surface area contributed by atoms with Gasteiger partial charge in [0.2, 0.25) is 0 Å². The van der Waals surface area contributed by atoms with Gasteiger partial charge < -0.3 is 10.0 Å². The molecule has 0 spiro atoms. The largest absolute Gasteiger partial charge is 0.392 e. The lowest BCUT2D eigenvalue weighted by Crippen LogP contribution is -2.32. The van der Waals surface area contributed by atoms with Crippen molar-refractivity contribution in [2.45, 2.75) is 57.5 Å². The maximum absolute atomic E-state index is 10.1. The van der Waals surface area contributed by atoms with Crippen LogP contribution in [-0.2, 0) is 0 Å². The molecule has 90 valence electrons. The molecule has 0 aromatic carbocycles. The van der Waals surface area contributed by atoms with Gasteiger partial charge in [-0.05, 0) is 32.9 Å². The van der Waals surface area contributed by atoms with Crippen molar-refractivity contribution in [1.82, 2.24) is 4.90 Å². The first-order valence-electron chi connectivity index (χ1n) is 6.53. The molecule has 0 aliphatic heterocycles. The predicted octanol–water partition coefficient (Wildman–Crippen LogP) is 2.66. The Morgan fingerprint density at radius 2 is 1.47 bits per heavy atom. The molecule has 0 bridgehead atoms. The van der Waals surface area contributed by atoms with Gasteiger partial charge in [-0.15, -0.1) is 0 Å². The first-order valence-corrected chi connectivity index (χ1v) is 6.53. The second kappa shape index (κ2) is 7.24. The Kier molecular flexibility index (Phi) is 6.26. The van der Waals surface area contributed by atoms with Crippen LogP contribution in [0.3, 0.4) is 0 Å². The molecule has 0 aromatic rings. The molecule has 1 N–H and O–H groups in total. The van der Waals surface area contributed by atoms with E-state index in [1.165, 1.54) is 51.4 Å². The van der Waals surface area contributed by atoms with Crippen molar-refractivity contribution in [2.75, 3.05) is 20.6 Å². The first kappa shape index (κ1) is 13.0. The Morgan fingerprint density at radius 3 is 1.93 bits per heavy atom. The van der Waals surface area contributed by atoms with Crippen molar-refractivity contribution in [3.05, 3.63) is 0 Å². The van der Waals surface area contributed by atoms with Crippen LogP contribution in [0.5, 0.6) is 0 Å². The zero-order valence-corrected chi connectivity index (χ0v) is 10.4. The molecule has 0 amide bonds. The Hall–Kier alpha value is -0.0800. The predicted molar refractivity (Wildman–Crippen MR) is 65.0 cm³/mol. The molecule has 15 heavy (non-hydrogen) atoms. The summed E-state index contributed by atoms with van der Waals surface area (Å²) < 4.78 is 0. The molecule has 0 radical (unpaired) electrons. The van der Waals surface area contributed by atoms with Crippen molar-refractivity contribution in [3.63, 3.8) is 0 Å². The van der Waals surface area contributed by atoms with E-state index in [-0.39, 0.29) is 6.10 Å². The third-order valence-electron chi connectivity index (χ3n) is 3.50. The molecule has 1 aliphatic rings. The van der Waals surface area contributed by atoms with Crippen molar-refractivity contribution >= 4 is 0 Å². The van der Waals surface area contributed by atoms with E-state index in [0.717, 1.165) is 6.54 Å². The Morgan fingerprint density at radius 1 is 1.00 bits per heavy atom. The van der Waals surface area contributed by atoms with Gasteiger partial charge in [-0.3, -0.25) is 0 Å². The molecule has 2 heteroatoms. The quantitative estimate of drug-likeness (QED) is 0.779. The minimum Gasteiger partial charge on any atom is -0.392 e. The topological polar surface area (TPSA) is 23.5 Å². The molecular weight excluding hydrogens is 186 g/mol. The number of hydrogen-bond acceptors (Lipinski definition) is 2. The zero-order valence-electron chi connectivity index (χ0n) is 10.4. The van der Waals surface area contributed by atoms with E-state index in [0.29, 0.717) is 5.92 Å². The summed E-state index contributed by atoms with van der Waals surface area (Å²) in [5.41, 5.74) is 0. The van der Waals surface area contributed by atoms with Gasteiger partial charge in [0, 0.05) is 6.54 Å². The average Bonchev–Trinajstić information content (AvgIpc) is 2.29. The normalized spacial score (nSPS) is 23.2. The molecular formula is C13H27NO. The number of aliphatic hydroxyl groups excluding tert-OH is 1. The lowest BCUT2D eigenvalue weighted by Gasteiger charge is -2.25. The Bertz CT molecular complexity index is 149. The summed E-state index contributed by atoms with van der Waals surface area (Å²) in [5.74, 6) is 0.547. The van der Waals surface area contributed by atoms with Crippen LogP contribution in [-0.4, -0.2) is 36.8 Å². The minimum atomic E-state index is -0.113. The number of hydrogen-bond donors (Lipinski definition) is 1. The van der Waals surface area contributed by atoms with Crippen LogP contribution in [0.1, 0.15) is 51.4 Å². The molecule has 0 heterocycles. The van der Waals surface area contributed by atoms with Crippen LogP contribution in [0.2, 0.25) is 0 Å². The summed E-state index contributed by atoms with van der Waals surface area (Å²) in [7, 11) is 4.08. The molecule has 1 aliphatic carbocycles. The molecule has 1 atom stereocenters. The summed E-state index contributed by atoms with van der Waals surface area (Å²) in [6.45, 7) is 0.824. The standard InChI is InChI=1S/C13H27NO/c1-14(2)11-13(15)12-9-7-5-3-4-6-8-10-12/h12-13,15H,3-11H2,1-2H3. The highest BCUT2D eigenvalue weighted by Crippen LogP contribution is 2.24. The van der Waals surface area contributed by atoms with E-state index < -0.39 is 0 Å². The maximum Gasteiger partial charge on any atom is 0.0694 e. The van der Waals surface area contributed by atoms with Gasteiger partial charge in [0.15, 0.2) is 0 Å². The lowest BCUT2D eigenvalue weighted by atomic mass is 9.91. The fourth-order valence-corrected chi connectivity index (χ4v) is 2.57. The summed E-state index contributed by atoms with van der Waals surface area (Å²) >= 11 is 0. The third-order valence-corrected chi connectivity index (χ3v) is 3.50. The molecule has 1 unspecified atom stereocenters. The highest BCUT2D eigenvalue weighted by atomic mass is 16.3. The monoisotopic (exact) mass is 213 g/mol. The van der Waals surface area contributed by atoms with Crippen LogP contribution >= 0.6 is 0 Å². The van der Waals surface area contributed by atoms with Gasteiger partial charge in [0.05, 0.1) is 6.10 Å². The summed E-state index contributed by atoms with van der Waals surface area (Å²) in [5, 5.41) is 10.1. The molecule has 2 nitrogen and oxygen atoms in total. The third kappa shape index (κ3) is 5.53. The van der Waals surface area contributed by atoms with Crippen LogP contribution in [0.15, 0.2) is 0 Å². The Labute approximate surface area is 94.7 Å². The van der Waals surface area contributed by atoms with Crippen LogP contribution in [0, 0.1) is 5.92 Å². The van der Waals surface area contributed by atoms with Crippen molar-refractivity contribution in [1.29, 1.82) is 0 Å². The molecule has 1 fully saturated rings. The van der Waals surface area contributed by atoms with Crippen molar-refractivity contribution in [2.24, 2.45) is 5.92 Å². The highest BCUT2D eigenvalue weighted by molar-refractivity contribution is 4.72. The van der Waals surface area contributed by atoms with E-state index in [9.17, 15) is 5.11 Å². The van der Waals surface area contributed by atoms with E-state index in [1.54, 1.807) is 0 Å². The number of rotatable bonds is 3. The van der Waals surface area contributed by atoms with Crippen molar-refractivity contribution in [3.8, 4) is 0 Å². The highest BCUT2D eigenvalue weighted by Gasteiger charge is 2.19. The molecule has 0 aromatic heterocycles. The molecule has 0 saturated heterocycles. The van der Waals surface area contributed by atoms with E-state index in [4.69, 9.17) is 0 Å². The van der Waals surface area contributed by atoms with Crippen LogP contribution in [0.4, 0.5) is 0 Å². The average molecular weight is 213 g/mol. The van der Waals surface area contributed by atoms with Gasteiger partial charge >= 0.3 is 0 Å². The Balaban J connectivity index is 2.34.